The number of pyridine rings is 1. The predicted octanol–water partition coefficient (Wildman–Crippen LogP) is 4.17. The van der Waals surface area contributed by atoms with Crippen molar-refractivity contribution in [3.63, 3.8) is 0 Å². The molecule has 212 valence electrons. The van der Waals surface area contributed by atoms with Crippen LogP contribution in [0.1, 0.15) is 19.3 Å². The number of nitrogens with zero attached hydrogens (tertiary/aromatic N) is 2. The molecular weight excluding hydrogens is 521 g/mol. The van der Waals surface area contributed by atoms with Crippen LogP contribution < -0.4 is 19.5 Å². The van der Waals surface area contributed by atoms with Crippen molar-refractivity contribution in [1.82, 2.24) is 9.88 Å². The highest BCUT2D eigenvalue weighted by atomic mass is 19.1. The van der Waals surface area contributed by atoms with E-state index in [1.54, 1.807) is 31.5 Å². The molecule has 10 nitrogen and oxygen atoms in total. The predicted molar refractivity (Wildman–Crippen MR) is 144 cm³/mol. The molecule has 0 spiro atoms. The largest absolute Gasteiger partial charge is 0.493 e. The second-order valence-corrected chi connectivity index (χ2v) is 9.76. The van der Waals surface area contributed by atoms with E-state index in [0.717, 1.165) is 45.3 Å². The minimum Gasteiger partial charge on any atom is -0.493 e. The quantitative estimate of drug-likeness (QED) is 0.213. The maximum Gasteiger partial charge on any atom is 0.321 e. The number of amides is 1. The van der Waals surface area contributed by atoms with Crippen molar-refractivity contribution in [2.75, 3.05) is 59.0 Å². The molecule has 1 saturated carbocycles. The lowest BCUT2D eigenvalue weighted by atomic mass is 10.1. The highest BCUT2D eigenvalue weighted by Gasteiger charge is 2.57. The molecule has 2 aromatic carbocycles. The van der Waals surface area contributed by atoms with Gasteiger partial charge in [0.05, 0.1) is 39.6 Å². The summed E-state index contributed by atoms with van der Waals surface area (Å²) in [4.78, 5) is 31.3. The normalized spacial score (nSPS) is 16.3. The van der Waals surface area contributed by atoms with Crippen LogP contribution >= 0.6 is 0 Å². The Bertz CT molecular complexity index is 1390. The van der Waals surface area contributed by atoms with Crippen molar-refractivity contribution in [2.45, 2.75) is 19.3 Å². The maximum atomic E-state index is 15.0. The number of ether oxygens (including phenoxy) is 5. The van der Waals surface area contributed by atoms with Gasteiger partial charge in [0.2, 0.25) is 5.91 Å². The number of rotatable bonds is 11. The Hall–Kier alpha value is -3.96. The number of hydrogen-bond donors (Lipinski definition) is 1. The summed E-state index contributed by atoms with van der Waals surface area (Å²) in [5, 5.41) is 3.21. The molecule has 1 amide bonds. The van der Waals surface area contributed by atoms with E-state index in [0.29, 0.717) is 47.6 Å². The van der Waals surface area contributed by atoms with Crippen LogP contribution in [0.5, 0.6) is 23.0 Å². The van der Waals surface area contributed by atoms with Crippen LogP contribution in [0.2, 0.25) is 0 Å². The molecule has 11 heteroatoms. The number of esters is 1. The molecule has 0 bridgehead atoms. The van der Waals surface area contributed by atoms with E-state index >= 15 is 4.39 Å². The Kier molecular flexibility index (Phi) is 8.32. The zero-order valence-electron chi connectivity index (χ0n) is 22.5. The molecular formula is C29H32FN3O7. The van der Waals surface area contributed by atoms with Crippen molar-refractivity contribution >= 4 is 28.5 Å². The van der Waals surface area contributed by atoms with E-state index < -0.39 is 23.1 Å². The standard InChI is InChI=1S/C29H32FN3O7/c1-36-25-17-20-22(18-26(25)39-13-3-10-33-11-14-38-15-12-33)31-9-6-23(20)40-24-5-4-19(16-21(24)30)32-27(34)29(7-8-29)28(35)37-2/h4-6,9,16-18H,3,7-8,10-15H2,1-2H3,(H,32,34). The zero-order valence-corrected chi connectivity index (χ0v) is 22.5. The molecule has 0 unspecified atom stereocenters. The van der Waals surface area contributed by atoms with Crippen LogP contribution in [0.25, 0.3) is 10.9 Å². The first-order valence-corrected chi connectivity index (χ1v) is 13.2. The average molecular weight is 554 g/mol. The lowest BCUT2D eigenvalue weighted by molar-refractivity contribution is -0.150. The van der Waals surface area contributed by atoms with Gasteiger partial charge in [-0.1, -0.05) is 0 Å². The third-order valence-electron chi connectivity index (χ3n) is 7.14. The summed E-state index contributed by atoms with van der Waals surface area (Å²) in [5.74, 6) is -0.380. The second kappa shape index (κ2) is 12.1. The van der Waals surface area contributed by atoms with E-state index in [1.807, 2.05) is 0 Å². The zero-order chi connectivity index (χ0) is 28.1. The summed E-state index contributed by atoms with van der Waals surface area (Å²) in [6.45, 7) is 4.83. The molecule has 2 aliphatic rings. The first-order valence-electron chi connectivity index (χ1n) is 13.2. The van der Waals surface area contributed by atoms with Crippen molar-refractivity contribution in [2.24, 2.45) is 5.41 Å². The summed E-state index contributed by atoms with van der Waals surface area (Å²) in [6, 6.07) is 9.23. The molecule has 1 aromatic heterocycles. The highest BCUT2D eigenvalue weighted by Crippen LogP contribution is 2.47. The first-order chi connectivity index (χ1) is 19.4. The number of carbonyl (C=O) groups excluding carboxylic acids is 2. The number of anilines is 1. The number of hydrogen-bond acceptors (Lipinski definition) is 9. The Morgan fingerprint density at radius 3 is 2.55 bits per heavy atom. The minimum absolute atomic E-state index is 0.0398. The molecule has 2 fully saturated rings. The Morgan fingerprint density at radius 1 is 1.05 bits per heavy atom. The van der Waals surface area contributed by atoms with Gasteiger partial charge in [-0.05, 0) is 43.5 Å². The minimum atomic E-state index is -1.19. The van der Waals surface area contributed by atoms with Gasteiger partial charge in [-0.2, -0.15) is 0 Å². The van der Waals surface area contributed by atoms with Gasteiger partial charge in [-0.25, -0.2) is 4.39 Å². The number of methoxy groups -OCH3 is 2. The summed E-state index contributed by atoms with van der Waals surface area (Å²) in [7, 11) is 2.79. The molecule has 1 aliphatic carbocycles. The molecule has 1 N–H and O–H groups in total. The molecule has 0 atom stereocenters. The van der Waals surface area contributed by atoms with Gasteiger partial charge in [-0.15, -0.1) is 0 Å². The van der Waals surface area contributed by atoms with Gasteiger partial charge in [0.15, 0.2) is 23.1 Å². The third-order valence-corrected chi connectivity index (χ3v) is 7.14. The topological polar surface area (TPSA) is 108 Å². The SMILES string of the molecule is COC(=O)C1(C(=O)Nc2ccc(Oc3ccnc4cc(OCCCN5CCOCC5)c(OC)cc34)c(F)c2)CC1. The molecule has 40 heavy (non-hydrogen) atoms. The first kappa shape index (κ1) is 27.6. The van der Waals surface area contributed by atoms with E-state index in [2.05, 4.69) is 15.2 Å². The van der Waals surface area contributed by atoms with Gasteiger partial charge >= 0.3 is 5.97 Å². The van der Waals surface area contributed by atoms with Gasteiger partial charge in [-0.3, -0.25) is 19.5 Å². The number of morpholine rings is 1. The van der Waals surface area contributed by atoms with Crippen LogP contribution in [0.4, 0.5) is 10.1 Å². The number of benzene rings is 2. The summed E-state index contributed by atoms with van der Waals surface area (Å²) >= 11 is 0. The average Bonchev–Trinajstić information content (AvgIpc) is 3.79. The fourth-order valence-electron chi connectivity index (χ4n) is 4.66. The number of halogens is 1. The molecule has 3 aromatic rings. The van der Waals surface area contributed by atoms with Gasteiger partial charge in [0.25, 0.3) is 0 Å². The lowest BCUT2D eigenvalue weighted by Crippen LogP contribution is -2.37. The van der Waals surface area contributed by atoms with Gasteiger partial charge < -0.3 is 29.0 Å². The van der Waals surface area contributed by atoms with Crippen LogP contribution in [0.15, 0.2) is 42.6 Å². The van der Waals surface area contributed by atoms with Crippen LogP contribution in [-0.4, -0.2) is 75.4 Å². The number of carbonyl (C=O) groups is 2. The maximum absolute atomic E-state index is 15.0. The smallest absolute Gasteiger partial charge is 0.321 e. The van der Waals surface area contributed by atoms with Crippen molar-refractivity contribution in [1.29, 1.82) is 0 Å². The van der Waals surface area contributed by atoms with Crippen LogP contribution in [-0.2, 0) is 19.1 Å². The van der Waals surface area contributed by atoms with Gasteiger partial charge in [0, 0.05) is 49.0 Å². The second-order valence-electron chi connectivity index (χ2n) is 9.76. The highest BCUT2D eigenvalue weighted by molar-refractivity contribution is 6.11. The summed E-state index contributed by atoms with van der Waals surface area (Å²) in [5.41, 5.74) is -0.384. The number of nitrogens with one attached hydrogen (secondary N) is 1. The molecule has 0 radical (unpaired) electrons. The van der Waals surface area contributed by atoms with E-state index in [9.17, 15) is 9.59 Å². The Morgan fingerprint density at radius 2 is 1.85 bits per heavy atom. The van der Waals surface area contributed by atoms with Gasteiger partial charge in [0.1, 0.15) is 11.2 Å². The fraction of sp³-hybridized carbons (Fsp3) is 0.414. The van der Waals surface area contributed by atoms with E-state index in [1.165, 1.54) is 19.2 Å². The van der Waals surface area contributed by atoms with Crippen molar-refractivity contribution in [3.8, 4) is 23.0 Å². The van der Waals surface area contributed by atoms with Crippen LogP contribution in [0.3, 0.4) is 0 Å². The molecule has 1 aliphatic heterocycles. The van der Waals surface area contributed by atoms with Crippen LogP contribution in [0, 0.1) is 11.2 Å². The van der Waals surface area contributed by atoms with E-state index in [4.69, 9.17) is 23.7 Å². The number of fused-ring (bicyclic) bond motifs is 1. The van der Waals surface area contributed by atoms with E-state index in [-0.39, 0.29) is 11.4 Å². The summed E-state index contributed by atoms with van der Waals surface area (Å²) < 4.78 is 42.6. The fourth-order valence-corrected chi connectivity index (χ4v) is 4.66. The van der Waals surface area contributed by atoms with Crippen molar-refractivity contribution in [3.05, 3.63) is 48.4 Å². The Balaban J connectivity index is 1.27. The summed E-state index contributed by atoms with van der Waals surface area (Å²) in [6.07, 6.45) is 3.22. The Labute approximate surface area is 231 Å². The molecule has 5 rings (SSSR count). The third kappa shape index (κ3) is 5.95. The monoisotopic (exact) mass is 553 g/mol. The number of aromatic nitrogens is 1. The lowest BCUT2D eigenvalue weighted by Gasteiger charge is -2.26. The molecule has 2 heterocycles. The van der Waals surface area contributed by atoms with Crippen molar-refractivity contribution < 1.29 is 37.7 Å². The molecule has 1 saturated heterocycles.